The van der Waals surface area contributed by atoms with E-state index in [1.54, 1.807) is 0 Å². The van der Waals surface area contributed by atoms with Crippen LogP contribution >= 0.6 is 0 Å². The number of allylic oxidation sites excluding steroid dienone is 2. The monoisotopic (exact) mass is 151 g/mol. The average Bonchev–Trinajstić information content (AvgIpc) is 2.28. The van der Waals surface area contributed by atoms with Crippen molar-refractivity contribution in [2.75, 3.05) is 0 Å². The zero-order valence-corrected chi connectivity index (χ0v) is 7.55. The SMILES string of the molecule is CC/C=C/C1C[CH]CCCC1. The van der Waals surface area contributed by atoms with E-state index >= 15 is 0 Å². The van der Waals surface area contributed by atoms with E-state index in [1.165, 1.54) is 38.5 Å². The second kappa shape index (κ2) is 5.40. The van der Waals surface area contributed by atoms with E-state index < -0.39 is 0 Å². The van der Waals surface area contributed by atoms with Crippen LogP contribution in [0.4, 0.5) is 0 Å². The molecule has 1 fully saturated rings. The molecule has 0 spiro atoms. The summed E-state index contributed by atoms with van der Waals surface area (Å²) in [6.07, 6.45) is 15.3. The predicted octanol–water partition coefficient (Wildman–Crippen LogP) is 3.74. The first kappa shape index (κ1) is 8.83. The predicted molar refractivity (Wildman–Crippen MR) is 50.3 cm³/mol. The third kappa shape index (κ3) is 3.60. The van der Waals surface area contributed by atoms with Crippen LogP contribution in [0.5, 0.6) is 0 Å². The number of hydrogen-bond donors (Lipinski definition) is 0. The fraction of sp³-hybridized carbons (Fsp3) is 0.727. The summed E-state index contributed by atoms with van der Waals surface area (Å²) >= 11 is 0. The van der Waals surface area contributed by atoms with E-state index in [9.17, 15) is 0 Å². The van der Waals surface area contributed by atoms with Gasteiger partial charge in [0.15, 0.2) is 0 Å². The number of rotatable bonds is 2. The van der Waals surface area contributed by atoms with Crippen molar-refractivity contribution >= 4 is 0 Å². The molecule has 0 heteroatoms. The van der Waals surface area contributed by atoms with Crippen molar-refractivity contribution in [1.82, 2.24) is 0 Å². The first-order valence-corrected chi connectivity index (χ1v) is 4.92. The molecule has 63 valence electrons. The Kier molecular flexibility index (Phi) is 4.33. The van der Waals surface area contributed by atoms with Crippen LogP contribution in [0.25, 0.3) is 0 Å². The van der Waals surface area contributed by atoms with Crippen LogP contribution in [0, 0.1) is 12.3 Å². The molecule has 1 rings (SSSR count). The largest absolute Gasteiger partial charge is 0.0885 e. The molecule has 0 aliphatic heterocycles. The van der Waals surface area contributed by atoms with Gasteiger partial charge in [-0.25, -0.2) is 0 Å². The molecule has 1 aliphatic rings. The average molecular weight is 151 g/mol. The summed E-state index contributed by atoms with van der Waals surface area (Å²) in [4.78, 5) is 0. The minimum Gasteiger partial charge on any atom is -0.0885 e. The van der Waals surface area contributed by atoms with Crippen molar-refractivity contribution in [2.24, 2.45) is 5.92 Å². The summed E-state index contributed by atoms with van der Waals surface area (Å²) in [7, 11) is 0. The maximum atomic E-state index is 2.46. The lowest BCUT2D eigenvalue weighted by molar-refractivity contribution is 0.583. The highest BCUT2D eigenvalue weighted by atomic mass is 14.1. The Morgan fingerprint density at radius 3 is 3.18 bits per heavy atom. The fourth-order valence-electron chi connectivity index (χ4n) is 1.65. The molecule has 0 saturated heterocycles. The second-order valence-corrected chi connectivity index (χ2v) is 3.41. The number of hydrogen-bond acceptors (Lipinski definition) is 0. The van der Waals surface area contributed by atoms with Crippen molar-refractivity contribution in [3.8, 4) is 0 Å². The minimum atomic E-state index is 0.859. The van der Waals surface area contributed by atoms with Gasteiger partial charge in [-0.15, -0.1) is 0 Å². The molecular formula is C11H19. The van der Waals surface area contributed by atoms with Gasteiger partial charge in [-0.2, -0.15) is 0 Å². The van der Waals surface area contributed by atoms with Crippen LogP contribution < -0.4 is 0 Å². The van der Waals surface area contributed by atoms with Gasteiger partial charge in [0.2, 0.25) is 0 Å². The lowest BCUT2D eigenvalue weighted by Gasteiger charge is -2.06. The molecule has 0 bridgehead atoms. The Labute approximate surface area is 70.7 Å². The Morgan fingerprint density at radius 2 is 2.36 bits per heavy atom. The maximum Gasteiger partial charge on any atom is -0.0231 e. The summed E-state index contributed by atoms with van der Waals surface area (Å²) < 4.78 is 0. The van der Waals surface area contributed by atoms with Gasteiger partial charge in [0, 0.05) is 0 Å². The lowest BCUT2D eigenvalue weighted by Crippen LogP contribution is -1.92. The molecular weight excluding hydrogens is 132 g/mol. The molecule has 0 heterocycles. The van der Waals surface area contributed by atoms with Crippen LogP contribution in [0.2, 0.25) is 0 Å². The van der Waals surface area contributed by atoms with Gasteiger partial charge >= 0.3 is 0 Å². The van der Waals surface area contributed by atoms with Gasteiger partial charge in [0.1, 0.15) is 0 Å². The van der Waals surface area contributed by atoms with Crippen LogP contribution in [-0.4, -0.2) is 0 Å². The highest BCUT2D eigenvalue weighted by Gasteiger charge is 2.07. The van der Waals surface area contributed by atoms with Gasteiger partial charge in [0.05, 0.1) is 0 Å². The Hall–Kier alpha value is -0.260. The highest BCUT2D eigenvalue weighted by molar-refractivity contribution is 4.91. The summed E-state index contributed by atoms with van der Waals surface area (Å²) in [5, 5.41) is 0. The quantitative estimate of drug-likeness (QED) is 0.416. The van der Waals surface area contributed by atoms with E-state index in [1.807, 2.05) is 0 Å². The van der Waals surface area contributed by atoms with E-state index in [2.05, 4.69) is 25.5 Å². The first-order chi connectivity index (χ1) is 5.43. The molecule has 1 atom stereocenters. The molecule has 1 radical (unpaired) electrons. The fourth-order valence-corrected chi connectivity index (χ4v) is 1.65. The van der Waals surface area contributed by atoms with E-state index in [-0.39, 0.29) is 0 Å². The zero-order valence-electron chi connectivity index (χ0n) is 7.55. The van der Waals surface area contributed by atoms with Crippen molar-refractivity contribution < 1.29 is 0 Å². The van der Waals surface area contributed by atoms with Crippen LogP contribution in [0.15, 0.2) is 12.2 Å². The molecule has 0 nitrogen and oxygen atoms in total. The molecule has 1 saturated carbocycles. The van der Waals surface area contributed by atoms with Crippen LogP contribution in [0.3, 0.4) is 0 Å². The molecule has 0 amide bonds. The molecule has 1 aliphatic carbocycles. The summed E-state index contributed by atoms with van der Waals surface area (Å²) in [6.45, 7) is 2.21. The Balaban J connectivity index is 2.25. The van der Waals surface area contributed by atoms with Gasteiger partial charge in [0.25, 0.3) is 0 Å². The topological polar surface area (TPSA) is 0 Å². The summed E-state index contributed by atoms with van der Waals surface area (Å²) in [5.74, 6) is 0.859. The van der Waals surface area contributed by atoms with Gasteiger partial charge in [-0.3, -0.25) is 0 Å². The zero-order chi connectivity index (χ0) is 7.94. The molecule has 1 unspecified atom stereocenters. The first-order valence-electron chi connectivity index (χ1n) is 4.92. The van der Waals surface area contributed by atoms with Crippen molar-refractivity contribution in [3.63, 3.8) is 0 Å². The Morgan fingerprint density at radius 1 is 1.45 bits per heavy atom. The van der Waals surface area contributed by atoms with E-state index in [0.29, 0.717) is 0 Å². The third-order valence-electron chi connectivity index (χ3n) is 2.35. The van der Waals surface area contributed by atoms with Crippen LogP contribution in [0.1, 0.15) is 45.4 Å². The molecule has 0 N–H and O–H groups in total. The Bertz CT molecular complexity index is 105. The molecule has 0 aromatic heterocycles. The van der Waals surface area contributed by atoms with E-state index in [4.69, 9.17) is 0 Å². The minimum absolute atomic E-state index is 0.859. The molecule has 0 aromatic carbocycles. The highest BCUT2D eigenvalue weighted by Crippen LogP contribution is 2.22. The van der Waals surface area contributed by atoms with Crippen molar-refractivity contribution in [2.45, 2.75) is 45.4 Å². The van der Waals surface area contributed by atoms with Gasteiger partial charge < -0.3 is 0 Å². The molecule has 0 aromatic rings. The normalized spacial score (nSPS) is 22.3. The second-order valence-electron chi connectivity index (χ2n) is 3.41. The summed E-state index contributed by atoms with van der Waals surface area (Å²) in [6, 6.07) is 0. The molecule has 11 heavy (non-hydrogen) atoms. The lowest BCUT2D eigenvalue weighted by atomic mass is 10.00. The van der Waals surface area contributed by atoms with Crippen molar-refractivity contribution in [1.29, 1.82) is 0 Å². The van der Waals surface area contributed by atoms with Gasteiger partial charge in [-0.1, -0.05) is 38.3 Å². The third-order valence-corrected chi connectivity index (χ3v) is 2.35. The smallest absolute Gasteiger partial charge is 0.0231 e. The standard InChI is InChI=1S/C11H19/c1-2-3-8-11-9-6-4-5-7-10-11/h3,6,8,11H,2,4-5,7,9-10H2,1H3/b8-3+. The summed E-state index contributed by atoms with van der Waals surface area (Å²) in [5.41, 5.74) is 0. The van der Waals surface area contributed by atoms with E-state index in [0.717, 1.165) is 5.92 Å². The van der Waals surface area contributed by atoms with Gasteiger partial charge in [-0.05, 0) is 31.6 Å². The van der Waals surface area contributed by atoms with Crippen LogP contribution in [-0.2, 0) is 0 Å². The maximum absolute atomic E-state index is 2.46. The van der Waals surface area contributed by atoms with Crippen molar-refractivity contribution in [3.05, 3.63) is 18.6 Å².